The van der Waals surface area contributed by atoms with Gasteiger partial charge in [-0.15, -0.1) is 0 Å². The molecule has 9 atom stereocenters. The number of allylic oxidation sites excluding steroid dienone is 2. The molecule has 5 fully saturated rings. The molecule has 0 aromatic carbocycles. The van der Waals surface area contributed by atoms with Gasteiger partial charge in [0.05, 0.1) is 22.9 Å². The Bertz CT molecular complexity index is 738. The summed E-state index contributed by atoms with van der Waals surface area (Å²) in [5, 5.41) is 0. The second-order valence-corrected chi connectivity index (χ2v) is 9.14. The van der Waals surface area contributed by atoms with Gasteiger partial charge in [0.2, 0.25) is 0 Å². The van der Waals surface area contributed by atoms with Crippen molar-refractivity contribution in [1.29, 1.82) is 0 Å². The monoisotopic (exact) mass is 326 g/mol. The molecule has 0 amide bonds. The van der Waals surface area contributed by atoms with Gasteiger partial charge in [-0.1, -0.05) is 25.0 Å². The van der Waals surface area contributed by atoms with Crippen LogP contribution in [-0.4, -0.2) is 29.1 Å². The van der Waals surface area contributed by atoms with Crippen LogP contribution in [0.25, 0.3) is 0 Å². The van der Waals surface area contributed by atoms with Crippen LogP contribution < -0.4 is 0 Å². The predicted molar refractivity (Wildman–Crippen MR) is 83.9 cm³/mol. The van der Waals surface area contributed by atoms with Gasteiger partial charge >= 0.3 is 0 Å². The van der Waals surface area contributed by atoms with Crippen molar-refractivity contribution in [2.75, 3.05) is 0 Å². The summed E-state index contributed by atoms with van der Waals surface area (Å²) < 4.78 is 6.31. The molecule has 3 saturated carbocycles. The van der Waals surface area contributed by atoms with Crippen LogP contribution in [0.1, 0.15) is 39.0 Å². The van der Waals surface area contributed by atoms with E-state index in [-0.39, 0.29) is 46.9 Å². The minimum Gasteiger partial charge on any atom is -0.361 e. The Morgan fingerprint density at radius 2 is 1.62 bits per heavy atom. The van der Waals surface area contributed by atoms with Crippen LogP contribution in [0.4, 0.5) is 0 Å². The molecule has 2 saturated heterocycles. The van der Waals surface area contributed by atoms with E-state index in [4.69, 9.17) is 4.74 Å². The van der Waals surface area contributed by atoms with Crippen molar-refractivity contribution < 1.29 is 19.1 Å². The average molecular weight is 326 g/mol. The molecule has 6 rings (SSSR count). The Balaban J connectivity index is 1.53. The molecule has 2 aliphatic heterocycles. The summed E-state index contributed by atoms with van der Waals surface area (Å²) in [6.45, 7) is 2.00. The molecule has 4 aliphatic carbocycles. The summed E-state index contributed by atoms with van der Waals surface area (Å²) in [7, 11) is 0. The average Bonchev–Trinajstić information content (AvgIpc) is 3.29. The molecular formula is C20H22O4. The Hall–Kier alpha value is -1.29. The molecule has 24 heavy (non-hydrogen) atoms. The Morgan fingerprint density at radius 1 is 0.958 bits per heavy atom. The molecule has 0 radical (unpaired) electrons. The summed E-state index contributed by atoms with van der Waals surface area (Å²) in [6, 6.07) is 0. The van der Waals surface area contributed by atoms with Crippen molar-refractivity contribution >= 4 is 17.3 Å². The molecule has 0 N–H and O–H groups in total. The van der Waals surface area contributed by atoms with Gasteiger partial charge in [0.15, 0.2) is 5.78 Å². The molecule has 0 aromatic heterocycles. The molecule has 4 bridgehead atoms. The first-order valence-corrected chi connectivity index (χ1v) is 9.47. The van der Waals surface area contributed by atoms with Crippen LogP contribution in [0.3, 0.4) is 0 Å². The standard InChI is InChI=1S/C20H22O4/c1-19-6-2-3-7-20(19)14-13(17(24-20)18(19)23)15(21)11-9-4-5-10(8-9)12(11)16(14)22/h4-5,9-14,17H,2-3,6-8H2,1H3/t9-,10+,11-,12+,13-,14+,17+,19+,20-/m1/s1. The maximum absolute atomic E-state index is 13.5. The van der Waals surface area contributed by atoms with Gasteiger partial charge in [0, 0.05) is 11.8 Å². The fourth-order valence-electron chi connectivity index (χ4n) is 7.49. The SMILES string of the molecule is C[C@@]12CCCC[C@]13O[C@H](C2=O)[C@H]1C(=O)[C@H]2[C@@H](C(=O)[C@H]13)[C@H]1C=C[C@@H]2C1. The van der Waals surface area contributed by atoms with Gasteiger partial charge in [-0.05, 0) is 38.0 Å². The lowest BCUT2D eigenvalue weighted by Gasteiger charge is -2.52. The molecule has 126 valence electrons. The zero-order chi connectivity index (χ0) is 16.4. The van der Waals surface area contributed by atoms with Gasteiger partial charge in [-0.3, -0.25) is 14.4 Å². The fraction of sp³-hybridized carbons (Fsp3) is 0.750. The van der Waals surface area contributed by atoms with Gasteiger partial charge in [-0.2, -0.15) is 0 Å². The first-order chi connectivity index (χ1) is 11.5. The van der Waals surface area contributed by atoms with E-state index in [1.807, 2.05) is 6.92 Å². The second-order valence-electron chi connectivity index (χ2n) is 9.14. The smallest absolute Gasteiger partial charge is 0.171 e. The van der Waals surface area contributed by atoms with E-state index < -0.39 is 23.0 Å². The Labute approximate surface area is 141 Å². The molecular weight excluding hydrogens is 304 g/mol. The number of ketones is 3. The molecule has 0 aromatic rings. The molecule has 0 unspecified atom stereocenters. The lowest BCUT2D eigenvalue weighted by atomic mass is 9.47. The van der Waals surface area contributed by atoms with Gasteiger partial charge in [0.1, 0.15) is 17.7 Å². The molecule has 1 spiro atoms. The van der Waals surface area contributed by atoms with Crippen molar-refractivity contribution in [3.63, 3.8) is 0 Å². The Kier molecular flexibility index (Phi) is 2.28. The van der Waals surface area contributed by atoms with Crippen molar-refractivity contribution in [1.82, 2.24) is 0 Å². The number of Topliss-reactive ketones (excluding diaryl/α,β-unsaturated/α-hetero) is 3. The summed E-state index contributed by atoms with van der Waals surface area (Å²) in [4.78, 5) is 39.9. The third-order valence-electron chi connectivity index (χ3n) is 8.49. The van der Waals surface area contributed by atoms with E-state index in [2.05, 4.69) is 12.2 Å². The predicted octanol–water partition coefficient (Wildman–Crippen LogP) is 2.11. The van der Waals surface area contributed by atoms with Crippen LogP contribution in [0.15, 0.2) is 12.2 Å². The van der Waals surface area contributed by atoms with Gasteiger partial charge in [-0.25, -0.2) is 0 Å². The van der Waals surface area contributed by atoms with E-state index in [1.165, 1.54) is 0 Å². The van der Waals surface area contributed by atoms with E-state index in [1.54, 1.807) is 0 Å². The first kappa shape index (κ1) is 13.9. The highest BCUT2D eigenvalue weighted by atomic mass is 16.5. The quantitative estimate of drug-likeness (QED) is 0.640. The van der Waals surface area contributed by atoms with Crippen LogP contribution in [0.2, 0.25) is 0 Å². The molecule has 4 nitrogen and oxygen atoms in total. The van der Waals surface area contributed by atoms with E-state index >= 15 is 0 Å². The zero-order valence-electron chi connectivity index (χ0n) is 13.9. The highest BCUT2D eigenvalue weighted by Crippen LogP contribution is 2.68. The second kappa shape index (κ2) is 3.92. The van der Waals surface area contributed by atoms with E-state index in [9.17, 15) is 14.4 Å². The highest BCUT2D eigenvalue weighted by Gasteiger charge is 2.80. The lowest BCUT2D eigenvalue weighted by molar-refractivity contribution is -0.162. The Morgan fingerprint density at radius 3 is 2.38 bits per heavy atom. The van der Waals surface area contributed by atoms with Crippen LogP contribution in [0.5, 0.6) is 0 Å². The summed E-state index contributed by atoms with van der Waals surface area (Å²) in [5.74, 6) is -0.253. The number of fused-ring (bicyclic) bond motifs is 8. The summed E-state index contributed by atoms with van der Waals surface area (Å²) in [5.41, 5.74) is -1.26. The first-order valence-electron chi connectivity index (χ1n) is 9.47. The largest absolute Gasteiger partial charge is 0.361 e. The number of hydrogen-bond donors (Lipinski definition) is 0. The van der Waals surface area contributed by atoms with Crippen molar-refractivity contribution in [3.05, 3.63) is 12.2 Å². The number of carbonyl (C=O) groups excluding carboxylic acids is 3. The van der Waals surface area contributed by atoms with Crippen LogP contribution in [0, 0.1) is 40.9 Å². The maximum Gasteiger partial charge on any atom is 0.171 e. The maximum atomic E-state index is 13.5. The summed E-state index contributed by atoms with van der Waals surface area (Å²) in [6.07, 6.45) is 8.11. The number of rotatable bonds is 0. The molecule has 4 heteroatoms. The number of hydrogen-bond acceptors (Lipinski definition) is 4. The van der Waals surface area contributed by atoms with Gasteiger partial charge < -0.3 is 4.74 Å². The van der Waals surface area contributed by atoms with Crippen LogP contribution >= 0.6 is 0 Å². The van der Waals surface area contributed by atoms with Crippen LogP contribution in [-0.2, 0) is 19.1 Å². The zero-order valence-corrected chi connectivity index (χ0v) is 13.9. The molecule has 6 aliphatic rings. The molecule has 2 heterocycles. The third-order valence-corrected chi connectivity index (χ3v) is 8.49. The van der Waals surface area contributed by atoms with Crippen molar-refractivity contribution in [3.8, 4) is 0 Å². The normalized spacial score (nSPS) is 59.7. The lowest BCUT2D eigenvalue weighted by Crippen LogP contribution is -2.65. The van der Waals surface area contributed by atoms with Crippen molar-refractivity contribution in [2.24, 2.45) is 40.9 Å². The van der Waals surface area contributed by atoms with Crippen molar-refractivity contribution in [2.45, 2.75) is 50.7 Å². The minimum absolute atomic E-state index is 0.0988. The minimum atomic E-state index is -0.694. The number of ether oxygens (including phenoxy) is 1. The third kappa shape index (κ3) is 1.18. The van der Waals surface area contributed by atoms with Gasteiger partial charge in [0.25, 0.3) is 0 Å². The highest BCUT2D eigenvalue weighted by molar-refractivity contribution is 6.09. The number of carbonyl (C=O) groups is 3. The fourth-order valence-corrected chi connectivity index (χ4v) is 7.49. The van der Waals surface area contributed by atoms with E-state index in [0.29, 0.717) is 0 Å². The van der Waals surface area contributed by atoms with E-state index in [0.717, 1.165) is 32.1 Å². The summed E-state index contributed by atoms with van der Waals surface area (Å²) >= 11 is 0. The topological polar surface area (TPSA) is 60.4 Å².